The first-order valence-electron chi connectivity index (χ1n) is 9.55. The van der Waals surface area contributed by atoms with Gasteiger partial charge >= 0.3 is 0 Å². The number of nitrogens with zero attached hydrogens (tertiary/aromatic N) is 2. The van der Waals surface area contributed by atoms with Crippen LogP contribution in [-0.4, -0.2) is 0 Å². The Morgan fingerprint density at radius 1 is 0.607 bits per heavy atom. The van der Waals surface area contributed by atoms with Gasteiger partial charge in [-0.15, -0.1) is 0 Å². The first-order chi connectivity index (χ1) is 13.8. The van der Waals surface area contributed by atoms with Crippen LogP contribution in [-0.2, 0) is 13.1 Å². The molecule has 136 valence electrons. The van der Waals surface area contributed by atoms with Gasteiger partial charge in [-0.2, -0.15) is 0 Å². The maximum absolute atomic E-state index is 3.91. The highest BCUT2D eigenvalue weighted by Gasteiger charge is 2.08. The van der Waals surface area contributed by atoms with Crippen molar-refractivity contribution in [3.8, 4) is 11.1 Å². The summed E-state index contributed by atoms with van der Waals surface area (Å²) >= 11 is 0. The summed E-state index contributed by atoms with van der Waals surface area (Å²) in [6.07, 6.45) is 10.5. The van der Waals surface area contributed by atoms with Crippen LogP contribution in [0.15, 0.2) is 110 Å². The van der Waals surface area contributed by atoms with Crippen LogP contribution in [0.5, 0.6) is 0 Å². The van der Waals surface area contributed by atoms with Crippen molar-refractivity contribution >= 4 is 6.08 Å². The van der Waals surface area contributed by atoms with Crippen LogP contribution in [0.4, 0.5) is 0 Å². The Labute approximate surface area is 166 Å². The Morgan fingerprint density at radius 2 is 1.14 bits per heavy atom. The second kappa shape index (κ2) is 8.45. The standard InChI is InChI=1S/C26H24N2/c1-2-23-10-6-7-11-26(23)21-28-18-14-25(15-19-28)24-12-16-27(17-13-24)20-22-8-4-3-5-9-22/h2-19H,1,20-21H2/q+2. The van der Waals surface area contributed by atoms with Crippen LogP contribution in [0, 0.1) is 0 Å². The van der Waals surface area contributed by atoms with Gasteiger partial charge in [0.1, 0.15) is 0 Å². The van der Waals surface area contributed by atoms with E-state index in [4.69, 9.17) is 0 Å². The number of aromatic nitrogens is 2. The molecule has 0 fully saturated rings. The van der Waals surface area contributed by atoms with Gasteiger partial charge < -0.3 is 0 Å². The fourth-order valence-corrected chi connectivity index (χ4v) is 3.38. The van der Waals surface area contributed by atoms with Gasteiger partial charge in [-0.1, -0.05) is 67.3 Å². The van der Waals surface area contributed by atoms with Crippen LogP contribution in [0.2, 0.25) is 0 Å². The third-order valence-electron chi connectivity index (χ3n) is 4.95. The minimum Gasteiger partial charge on any atom is -0.201 e. The molecule has 0 aliphatic heterocycles. The maximum Gasteiger partial charge on any atom is 0.174 e. The number of hydrogen-bond donors (Lipinski definition) is 0. The summed E-state index contributed by atoms with van der Waals surface area (Å²) in [5, 5.41) is 0. The summed E-state index contributed by atoms with van der Waals surface area (Å²) in [6, 6.07) is 27.6. The zero-order valence-electron chi connectivity index (χ0n) is 15.9. The number of pyridine rings is 2. The summed E-state index contributed by atoms with van der Waals surface area (Å²) in [7, 11) is 0. The van der Waals surface area contributed by atoms with Crippen molar-refractivity contribution in [1.82, 2.24) is 0 Å². The molecule has 0 radical (unpaired) electrons. The van der Waals surface area contributed by atoms with Gasteiger partial charge in [0.2, 0.25) is 0 Å². The van der Waals surface area contributed by atoms with Crippen LogP contribution in [0.1, 0.15) is 16.7 Å². The molecule has 4 aromatic rings. The monoisotopic (exact) mass is 364 g/mol. The Morgan fingerprint density at radius 3 is 1.75 bits per heavy atom. The van der Waals surface area contributed by atoms with E-state index in [-0.39, 0.29) is 0 Å². The Bertz CT molecular complexity index is 1050. The van der Waals surface area contributed by atoms with E-state index in [0.29, 0.717) is 0 Å². The van der Waals surface area contributed by atoms with Crippen molar-refractivity contribution in [2.24, 2.45) is 0 Å². The van der Waals surface area contributed by atoms with Gasteiger partial charge in [0.25, 0.3) is 0 Å². The SMILES string of the molecule is C=Cc1ccccc1C[n+]1ccc(-c2cc[n+](Cc3ccccc3)cc2)cc1. The number of hydrogen-bond acceptors (Lipinski definition) is 0. The quantitative estimate of drug-likeness (QED) is 0.439. The van der Waals surface area contributed by atoms with E-state index < -0.39 is 0 Å². The first kappa shape index (κ1) is 17.9. The average Bonchev–Trinajstić information content (AvgIpc) is 2.76. The van der Waals surface area contributed by atoms with Crippen molar-refractivity contribution in [2.75, 3.05) is 0 Å². The molecular weight excluding hydrogens is 340 g/mol. The zero-order valence-corrected chi connectivity index (χ0v) is 15.9. The van der Waals surface area contributed by atoms with E-state index in [2.05, 4.69) is 113 Å². The molecule has 0 saturated heterocycles. The molecule has 2 nitrogen and oxygen atoms in total. The lowest BCUT2D eigenvalue weighted by Gasteiger charge is -2.04. The summed E-state index contributed by atoms with van der Waals surface area (Å²) in [6.45, 7) is 5.64. The lowest BCUT2D eigenvalue weighted by molar-refractivity contribution is -0.688. The molecule has 0 saturated carbocycles. The Balaban J connectivity index is 1.47. The molecule has 0 atom stereocenters. The second-order valence-corrected chi connectivity index (χ2v) is 6.91. The third kappa shape index (κ3) is 4.24. The third-order valence-corrected chi connectivity index (χ3v) is 4.95. The van der Waals surface area contributed by atoms with Crippen molar-refractivity contribution in [2.45, 2.75) is 13.1 Å². The fourth-order valence-electron chi connectivity index (χ4n) is 3.38. The first-order valence-corrected chi connectivity index (χ1v) is 9.55. The van der Waals surface area contributed by atoms with Gasteiger partial charge in [0.05, 0.1) is 0 Å². The molecule has 2 heteroatoms. The van der Waals surface area contributed by atoms with Crippen LogP contribution < -0.4 is 9.13 Å². The summed E-state index contributed by atoms with van der Waals surface area (Å²) in [5.74, 6) is 0. The van der Waals surface area contributed by atoms with Crippen LogP contribution in [0.3, 0.4) is 0 Å². The van der Waals surface area contributed by atoms with E-state index in [1.54, 1.807) is 0 Å². The lowest BCUT2D eigenvalue weighted by atomic mass is 10.1. The van der Waals surface area contributed by atoms with Gasteiger partial charge in [-0.3, -0.25) is 0 Å². The average molecular weight is 364 g/mol. The molecule has 0 bridgehead atoms. The van der Waals surface area contributed by atoms with Gasteiger partial charge in [0, 0.05) is 35.4 Å². The predicted octanol–water partition coefficient (Wildman–Crippen LogP) is 4.67. The van der Waals surface area contributed by atoms with Crippen molar-refractivity contribution < 1.29 is 9.13 Å². The van der Waals surface area contributed by atoms with Gasteiger partial charge in [-0.05, 0) is 16.7 Å². The smallest absolute Gasteiger partial charge is 0.174 e. The van der Waals surface area contributed by atoms with E-state index in [0.717, 1.165) is 13.1 Å². The molecular formula is C26H24N2+2. The Kier molecular flexibility index (Phi) is 5.39. The molecule has 0 unspecified atom stereocenters. The Hall–Kier alpha value is -3.52. The van der Waals surface area contributed by atoms with E-state index in [1.165, 1.54) is 27.8 Å². The van der Waals surface area contributed by atoms with Crippen LogP contribution in [0.25, 0.3) is 17.2 Å². The molecule has 0 N–H and O–H groups in total. The van der Waals surface area contributed by atoms with Crippen molar-refractivity contribution in [3.05, 3.63) is 127 Å². The van der Waals surface area contributed by atoms with Gasteiger partial charge in [-0.25, -0.2) is 9.13 Å². The molecule has 0 amide bonds. The van der Waals surface area contributed by atoms with Gasteiger partial charge in [0.15, 0.2) is 37.9 Å². The second-order valence-electron chi connectivity index (χ2n) is 6.91. The molecule has 0 aliphatic rings. The highest BCUT2D eigenvalue weighted by atomic mass is 14.9. The van der Waals surface area contributed by atoms with E-state index in [1.807, 2.05) is 12.1 Å². The molecule has 2 aromatic carbocycles. The minimum absolute atomic E-state index is 0.842. The maximum atomic E-state index is 3.91. The predicted molar refractivity (Wildman–Crippen MR) is 113 cm³/mol. The number of rotatable bonds is 6. The summed E-state index contributed by atoms with van der Waals surface area (Å²) in [4.78, 5) is 0. The minimum atomic E-state index is 0.842. The summed E-state index contributed by atoms with van der Waals surface area (Å²) < 4.78 is 4.40. The van der Waals surface area contributed by atoms with E-state index >= 15 is 0 Å². The van der Waals surface area contributed by atoms with Crippen LogP contribution >= 0.6 is 0 Å². The van der Waals surface area contributed by atoms with Crippen molar-refractivity contribution in [3.63, 3.8) is 0 Å². The zero-order chi connectivity index (χ0) is 19.2. The molecule has 2 heterocycles. The highest BCUT2D eigenvalue weighted by Crippen LogP contribution is 2.16. The highest BCUT2D eigenvalue weighted by molar-refractivity contribution is 5.61. The topological polar surface area (TPSA) is 7.76 Å². The van der Waals surface area contributed by atoms with Crippen molar-refractivity contribution in [1.29, 1.82) is 0 Å². The number of benzene rings is 2. The largest absolute Gasteiger partial charge is 0.201 e. The van der Waals surface area contributed by atoms with E-state index in [9.17, 15) is 0 Å². The summed E-state index contributed by atoms with van der Waals surface area (Å²) in [5.41, 5.74) is 6.21. The molecule has 2 aromatic heterocycles. The molecule has 0 spiro atoms. The lowest BCUT2D eigenvalue weighted by Crippen LogP contribution is -2.33. The molecule has 0 aliphatic carbocycles. The normalized spacial score (nSPS) is 10.6. The molecule has 28 heavy (non-hydrogen) atoms. The molecule has 4 rings (SSSR count). The fraction of sp³-hybridized carbons (Fsp3) is 0.0769.